The largest absolute Gasteiger partial charge is 0.468 e. The van der Waals surface area contributed by atoms with Crippen LogP contribution in [0.5, 0.6) is 0 Å². The molecule has 3 heterocycles. The number of aryl methyl sites for hydroxylation is 1. The first-order valence-electron chi connectivity index (χ1n) is 11.2. The number of rotatable bonds is 4. The number of carbonyl (C=O) groups is 1. The van der Waals surface area contributed by atoms with Crippen molar-refractivity contribution in [2.45, 2.75) is 56.1 Å². The van der Waals surface area contributed by atoms with Crippen molar-refractivity contribution in [3.8, 4) is 0 Å². The quantitative estimate of drug-likeness (QED) is 0.570. The molecule has 34 heavy (non-hydrogen) atoms. The van der Waals surface area contributed by atoms with Crippen LogP contribution in [0.3, 0.4) is 0 Å². The minimum absolute atomic E-state index is 0.106. The molecule has 2 aliphatic rings. The highest BCUT2D eigenvalue weighted by molar-refractivity contribution is 7.89. The molecule has 0 bridgehead atoms. The second kappa shape index (κ2) is 8.20. The van der Waals surface area contributed by atoms with E-state index in [1.165, 1.54) is 11.4 Å². The smallest absolute Gasteiger partial charge is 0.324 e. The molecule has 1 N–H and O–H groups in total. The molecule has 9 heteroatoms. The number of fused-ring (bicyclic) bond motifs is 3. The summed E-state index contributed by atoms with van der Waals surface area (Å²) < 4.78 is 46.5. The summed E-state index contributed by atoms with van der Waals surface area (Å²) in [7, 11) is -2.84. The number of nitrogens with one attached hydrogen (secondary N) is 1. The van der Waals surface area contributed by atoms with Gasteiger partial charge in [0.05, 0.1) is 24.7 Å². The van der Waals surface area contributed by atoms with Gasteiger partial charge in [-0.2, -0.15) is 4.31 Å². The molecule has 2 aliphatic heterocycles. The van der Waals surface area contributed by atoms with Gasteiger partial charge in [0, 0.05) is 23.0 Å². The van der Waals surface area contributed by atoms with Crippen LogP contribution in [0.2, 0.25) is 0 Å². The molecule has 0 saturated carbocycles. The molecule has 8 nitrogen and oxygen atoms in total. The Morgan fingerprint density at radius 2 is 1.85 bits per heavy atom. The van der Waals surface area contributed by atoms with Crippen LogP contribution >= 0.6 is 0 Å². The van der Waals surface area contributed by atoms with Gasteiger partial charge in [0.1, 0.15) is 12.1 Å². The topological polar surface area (TPSA) is 97.9 Å². The van der Waals surface area contributed by atoms with Crippen LogP contribution in [0.4, 0.5) is 0 Å². The van der Waals surface area contributed by atoms with E-state index < -0.39 is 40.0 Å². The van der Waals surface area contributed by atoms with Crippen molar-refractivity contribution in [1.29, 1.82) is 0 Å². The zero-order valence-electron chi connectivity index (χ0n) is 19.6. The Hall–Kier alpha value is -2.72. The number of methoxy groups -OCH3 is 1. The highest BCUT2D eigenvalue weighted by atomic mass is 32.2. The van der Waals surface area contributed by atoms with Crippen molar-refractivity contribution in [2.24, 2.45) is 0 Å². The van der Waals surface area contributed by atoms with Crippen molar-refractivity contribution in [1.82, 2.24) is 9.29 Å². The first-order valence-corrected chi connectivity index (χ1v) is 12.7. The molecule has 0 aliphatic carbocycles. The normalized spacial score (nSPS) is 24.8. The number of sulfonamides is 1. The minimum Gasteiger partial charge on any atom is -0.468 e. The van der Waals surface area contributed by atoms with E-state index in [0.29, 0.717) is 5.69 Å². The molecule has 5 rings (SSSR count). The van der Waals surface area contributed by atoms with Gasteiger partial charge in [-0.1, -0.05) is 35.9 Å². The highest BCUT2D eigenvalue weighted by Crippen LogP contribution is 2.45. The molecule has 0 spiro atoms. The van der Waals surface area contributed by atoms with Gasteiger partial charge in [0.25, 0.3) is 0 Å². The molecular weight excluding hydrogens is 456 g/mol. The lowest BCUT2D eigenvalue weighted by Gasteiger charge is -2.41. The first kappa shape index (κ1) is 23.0. The summed E-state index contributed by atoms with van der Waals surface area (Å²) in [6.45, 7) is 5.65. The fraction of sp³-hybridized carbons (Fsp3) is 0.400. The summed E-state index contributed by atoms with van der Waals surface area (Å²) in [4.78, 5) is 16.6. The van der Waals surface area contributed by atoms with Crippen molar-refractivity contribution in [2.75, 3.05) is 13.7 Å². The summed E-state index contributed by atoms with van der Waals surface area (Å²) in [5, 5.41) is 0.946. The number of aromatic amines is 1. The third-order valence-corrected chi connectivity index (χ3v) is 8.48. The van der Waals surface area contributed by atoms with Crippen molar-refractivity contribution in [3.63, 3.8) is 0 Å². The van der Waals surface area contributed by atoms with Gasteiger partial charge in [-0.05, 0) is 44.5 Å². The fourth-order valence-electron chi connectivity index (χ4n) is 4.99. The number of esters is 1. The predicted molar refractivity (Wildman–Crippen MR) is 126 cm³/mol. The summed E-state index contributed by atoms with van der Waals surface area (Å²) in [5.74, 6) is -1.50. The number of nitrogens with zero attached hydrogens (tertiary/aromatic N) is 1. The molecule has 3 aromatic rings. The Balaban J connectivity index is 1.74. The number of hydrogen-bond acceptors (Lipinski definition) is 6. The Morgan fingerprint density at radius 3 is 2.50 bits per heavy atom. The van der Waals surface area contributed by atoms with E-state index in [1.807, 2.05) is 31.2 Å². The SMILES string of the molecule is COC(=O)[C@@H]1Cc2c([nH]c3ccccc23)C([C@H]2COC(C)(C)O2)N1S(=O)(=O)c1ccc(C)cc1. The second-order valence-corrected chi connectivity index (χ2v) is 11.1. The first-order chi connectivity index (χ1) is 16.1. The van der Waals surface area contributed by atoms with Crippen LogP contribution in [-0.4, -0.2) is 55.3 Å². The summed E-state index contributed by atoms with van der Waals surface area (Å²) >= 11 is 0. The summed E-state index contributed by atoms with van der Waals surface area (Å²) in [6, 6.07) is 12.5. The Morgan fingerprint density at radius 1 is 1.15 bits per heavy atom. The lowest BCUT2D eigenvalue weighted by Crippen LogP contribution is -2.54. The number of benzene rings is 2. The molecule has 1 saturated heterocycles. The molecule has 1 unspecified atom stereocenters. The van der Waals surface area contributed by atoms with Gasteiger partial charge in [-0.25, -0.2) is 8.42 Å². The monoisotopic (exact) mass is 484 g/mol. The Labute approximate surface area is 198 Å². The van der Waals surface area contributed by atoms with Gasteiger partial charge in [0.2, 0.25) is 10.0 Å². The molecular formula is C25H28N2O6S. The molecule has 0 radical (unpaired) electrons. The van der Waals surface area contributed by atoms with E-state index in [4.69, 9.17) is 14.2 Å². The lowest BCUT2D eigenvalue weighted by atomic mass is 9.91. The third-order valence-electron chi connectivity index (χ3n) is 6.57. The van der Waals surface area contributed by atoms with Crippen LogP contribution in [-0.2, 0) is 35.4 Å². The molecule has 3 atom stereocenters. The number of H-pyrrole nitrogens is 1. The minimum atomic E-state index is -4.11. The Bertz CT molecular complexity index is 1350. The van der Waals surface area contributed by atoms with E-state index in [0.717, 1.165) is 22.0 Å². The third kappa shape index (κ3) is 3.73. The molecule has 180 valence electrons. The van der Waals surface area contributed by atoms with Crippen LogP contribution in [0, 0.1) is 6.92 Å². The number of carbonyl (C=O) groups excluding carboxylic acids is 1. The van der Waals surface area contributed by atoms with E-state index in [-0.39, 0.29) is 17.9 Å². The van der Waals surface area contributed by atoms with Gasteiger partial charge >= 0.3 is 5.97 Å². The average Bonchev–Trinajstić information content (AvgIpc) is 3.36. The van der Waals surface area contributed by atoms with Crippen molar-refractivity contribution >= 4 is 26.9 Å². The van der Waals surface area contributed by atoms with Crippen molar-refractivity contribution < 1.29 is 27.4 Å². The van der Waals surface area contributed by atoms with Gasteiger partial charge < -0.3 is 19.2 Å². The molecule has 1 fully saturated rings. The van der Waals surface area contributed by atoms with Crippen molar-refractivity contribution in [3.05, 3.63) is 65.4 Å². The maximum Gasteiger partial charge on any atom is 0.324 e. The van der Waals surface area contributed by atoms with E-state index >= 15 is 0 Å². The second-order valence-electron chi connectivity index (χ2n) is 9.27. The van der Waals surface area contributed by atoms with Gasteiger partial charge in [0.15, 0.2) is 5.79 Å². The maximum atomic E-state index is 14.1. The van der Waals surface area contributed by atoms with E-state index in [2.05, 4.69) is 4.98 Å². The van der Waals surface area contributed by atoms with Gasteiger partial charge in [-0.3, -0.25) is 4.79 Å². The molecule has 1 aromatic heterocycles. The zero-order chi connectivity index (χ0) is 24.3. The van der Waals surface area contributed by atoms with E-state index in [1.54, 1.807) is 38.1 Å². The summed E-state index contributed by atoms with van der Waals surface area (Å²) in [5.41, 5.74) is 3.41. The van der Waals surface area contributed by atoms with Crippen LogP contribution in [0.1, 0.15) is 36.7 Å². The predicted octanol–water partition coefficient (Wildman–Crippen LogP) is 3.46. The standard InChI is InChI=1S/C25H28N2O6S/c1-15-9-11-16(12-10-15)34(29,30)27-20(24(28)31-4)13-18-17-7-5-6-8-19(17)26-22(18)23(27)21-14-32-25(2,3)33-21/h5-12,20-21,23,26H,13-14H2,1-4H3/t20-,21+,23?/m0/s1. The van der Waals surface area contributed by atoms with Crippen LogP contribution in [0.15, 0.2) is 53.4 Å². The average molecular weight is 485 g/mol. The van der Waals surface area contributed by atoms with Crippen LogP contribution < -0.4 is 0 Å². The number of hydrogen-bond donors (Lipinski definition) is 1. The summed E-state index contributed by atoms with van der Waals surface area (Å²) in [6.07, 6.45) is -0.445. The molecule has 2 aromatic carbocycles. The Kier molecular flexibility index (Phi) is 5.55. The molecule has 0 amide bonds. The number of ether oxygens (including phenoxy) is 3. The highest BCUT2D eigenvalue weighted by Gasteiger charge is 2.53. The zero-order valence-corrected chi connectivity index (χ0v) is 20.4. The van der Waals surface area contributed by atoms with Crippen LogP contribution in [0.25, 0.3) is 10.9 Å². The lowest BCUT2D eigenvalue weighted by molar-refractivity contribution is -0.152. The van der Waals surface area contributed by atoms with Gasteiger partial charge in [-0.15, -0.1) is 0 Å². The number of para-hydroxylation sites is 1. The fourth-order valence-corrected chi connectivity index (χ4v) is 6.75. The maximum absolute atomic E-state index is 14.1. The van der Waals surface area contributed by atoms with E-state index in [9.17, 15) is 13.2 Å². The number of aromatic nitrogens is 1.